The molecule has 0 N–H and O–H groups in total. The van der Waals surface area contributed by atoms with E-state index in [1.807, 2.05) is 20.8 Å². The molecule has 0 amide bonds. The van der Waals surface area contributed by atoms with Crippen LogP contribution in [0.25, 0.3) is 0 Å². The Morgan fingerprint density at radius 3 is 2.73 bits per heavy atom. The van der Waals surface area contributed by atoms with E-state index in [-0.39, 0.29) is 5.69 Å². The molecule has 0 spiro atoms. The van der Waals surface area contributed by atoms with Gasteiger partial charge >= 0.3 is 6.55 Å². The van der Waals surface area contributed by atoms with Crippen molar-refractivity contribution in [1.29, 1.82) is 0 Å². The van der Waals surface area contributed by atoms with Crippen LogP contribution < -0.4 is 0 Å². The number of hydrogen-bond acceptors (Lipinski definition) is 3. The number of oxime groups is 1. The van der Waals surface area contributed by atoms with Crippen molar-refractivity contribution in [1.82, 2.24) is 9.78 Å². The smallest absolute Gasteiger partial charge is 0.333 e. The van der Waals surface area contributed by atoms with Crippen LogP contribution in [0.2, 0.25) is 0 Å². The Hall–Kier alpha value is -1.46. The maximum absolute atomic E-state index is 12.3. The molecule has 0 aromatic carbocycles. The minimum atomic E-state index is -2.67. The summed E-state index contributed by atoms with van der Waals surface area (Å²) in [6.07, 6.45) is 2.50. The Labute approximate surface area is 86.5 Å². The van der Waals surface area contributed by atoms with Crippen molar-refractivity contribution < 1.29 is 13.6 Å². The molecule has 6 heteroatoms. The number of nitrogens with zero attached hydrogens (tertiary/aromatic N) is 3. The molecular formula is C9H13F2N3O. The van der Waals surface area contributed by atoms with Gasteiger partial charge in [0.05, 0.1) is 11.9 Å². The molecule has 0 fully saturated rings. The summed E-state index contributed by atoms with van der Waals surface area (Å²) in [6.45, 7) is 2.77. The standard InChI is InChI=1S/C9H13F2N3O/c1-9(2,3)15-13-6-7-4-5-12-14(7)8(10)11/h4-6,8H,1-3H3/b13-6-. The Balaban J connectivity index is 2.68. The van der Waals surface area contributed by atoms with E-state index in [1.165, 1.54) is 18.5 Å². The average molecular weight is 217 g/mol. The lowest BCUT2D eigenvalue weighted by atomic mass is 10.2. The topological polar surface area (TPSA) is 39.4 Å². The average Bonchev–Trinajstić information content (AvgIpc) is 2.49. The first-order valence-corrected chi connectivity index (χ1v) is 4.43. The maximum atomic E-state index is 12.3. The Kier molecular flexibility index (Phi) is 3.39. The molecule has 0 saturated heterocycles. The lowest BCUT2D eigenvalue weighted by Crippen LogP contribution is -2.15. The van der Waals surface area contributed by atoms with Crippen molar-refractivity contribution in [3.63, 3.8) is 0 Å². The fourth-order valence-corrected chi connectivity index (χ4v) is 0.828. The van der Waals surface area contributed by atoms with Gasteiger partial charge in [-0.25, -0.2) is 4.68 Å². The molecule has 1 heterocycles. The van der Waals surface area contributed by atoms with Gasteiger partial charge in [-0.2, -0.15) is 13.9 Å². The van der Waals surface area contributed by atoms with E-state index in [0.29, 0.717) is 4.68 Å². The number of alkyl halides is 2. The van der Waals surface area contributed by atoms with E-state index in [4.69, 9.17) is 4.84 Å². The number of halogens is 2. The van der Waals surface area contributed by atoms with Crippen molar-refractivity contribution in [2.45, 2.75) is 32.9 Å². The first-order chi connectivity index (χ1) is 6.90. The molecular weight excluding hydrogens is 204 g/mol. The van der Waals surface area contributed by atoms with Gasteiger partial charge in [-0.05, 0) is 26.8 Å². The summed E-state index contributed by atoms with van der Waals surface area (Å²) in [4.78, 5) is 5.02. The van der Waals surface area contributed by atoms with Crippen molar-refractivity contribution in [2.24, 2.45) is 5.16 Å². The maximum Gasteiger partial charge on any atom is 0.333 e. The molecule has 0 radical (unpaired) electrons. The largest absolute Gasteiger partial charge is 0.390 e. The normalized spacial score (nSPS) is 12.7. The van der Waals surface area contributed by atoms with E-state index in [2.05, 4.69) is 10.3 Å². The van der Waals surface area contributed by atoms with Crippen molar-refractivity contribution in [2.75, 3.05) is 0 Å². The van der Waals surface area contributed by atoms with Crippen LogP contribution in [0.15, 0.2) is 17.4 Å². The molecule has 0 saturated carbocycles. The first-order valence-electron chi connectivity index (χ1n) is 4.43. The zero-order chi connectivity index (χ0) is 11.5. The zero-order valence-corrected chi connectivity index (χ0v) is 8.82. The molecule has 0 aliphatic heterocycles. The van der Waals surface area contributed by atoms with Crippen LogP contribution in [0.3, 0.4) is 0 Å². The number of aromatic nitrogens is 2. The lowest BCUT2D eigenvalue weighted by molar-refractivity contribution is 0.00173. The Morgan fingerprint density at radius 1 is 1.53 bits per heavy atom. The molecule has 0 unspecified atom stereocenters. The molecule has 1 aromatic heterocycles. The second kappa shape index (κ2) is 4.37. The van der Waals surface area contributed by atoms with E-state index < -0.39 is 12.2 Å². The van der Waals surface area contributed by atoms with Crippen molar-refractivity contribution >= 4 is 6.21 Å². The van der Waals surface area contributed by atoms with Gasteiger partial charge < -0.3 is 4.84 Å². The van der Waals surface area contributed by atoms with Gasteiger partial charge in [0.2, 0.25) is 0 Å². The van der Waals surface area contributed by atoms with Crippen LogP contribution >= 0.6 is 0 Å². The molecule has 0 aliphatic rings. The monoisotopic (exact) mass is 217 g/mol. The fourth-order valence-electron chi connectivity index (χ4n) is 0.828. The third-order valence-corrected chi connectivity index (χ3v) is 1.40. The highest BCUT2D eigenvalue weighted by Crippen LogP contribution is 2.11. The van der Waals surface area contributed by atoms with Crippen molar-refractivity contribution in [3.8, 4) is 0 Å². The van der Waals surface area contributed by atoms with E-state index in [0.717, 1.165) is 0 Å². The molecule has 4 nitrogen and oxygen atoms in total. The lowest BCUT2D eigenvalue weighted by Gasteiger charge is -2.14. The van der Waals surface area contributed by atoms with Crippen LogP contribution in [0.4, 0.5) is 8.78 Å². The molecule has 1 rings (SSSR count). The predicted octanol–water partition coefficient (Wildman–Crippen LogP) is 2.43. The van der Waals surface area contributed by atoms with Crippen molar-refractivity contribution in [3.05, 3.63) is 18.0 Å². The summed E-state index contributed by atoms with van der Waals surface area (Å²) in [6, 6.07) is 1.43. The van der Waals surface area contributed by atoms with Crippen LogP contribution in [0, 0.1) is 0 Å². The summed E-state index contributed by atoms with van der Waals surface area (Å²) in [5.41, 5.74) is -0.235. The van der Waals surface area contributed by atoms with E-state index >= 15 is 0 Å². The third-order valence-electron chi connectivity index (χ3n) is 1.40. The second-order valence-corrected chi connectivity index (χ2v) is 3.92. The summed E-state index contributed by atoms with van der Waals surface area (Å²) in [7, 11) is 0. The summed E-state index contributed by atoms with van der Waals surface area (Å²) in [5.74, 6) is 0. The van der Waals surface area contributed by atoms with Gasteiger partial charge in [0, 0.05) is 6.20 Å². The zero-order valence-electron chi connectivity index (χ0n) is 8.82. The summed E-state index contributed by atoms with van der Waals surface area (Å²) >= 11 is 0. The van der Waals surface area contributed by atoms with E-state index in [9.17, 15) is 8.78 Å². The quantitative estimate of drug-likeness (QED) is 0.576. The third kappa shape index (κ3) is 3.65. The van der Waals surface area contributed by atoms with Gasteiger partial charge in [-0.1, -0.05) is 5.16 Å². The molecule has 0 bridgehead atoms. The molecule has 84 valence electrons. The first kappa shape index (κ1) is 11.6. The van der Waals surface area contributed by atoms with Gasteiger partial charge in [-0.15, -0.1) is 0 Å². The Morgan fingerprint density at radius 2 is 2.20 bits per heavy atom. The summed E-state index contributed by atoms with van der Waals surface area (Å²) < 4.78 is 25.2. The number of rotatable bonds is 3. The van der Waals surface area contributed by atoms with Gasteiger partial charge in [0.25, 0.3) is 0 Å². The van der Waals surface area contributed by atoms with Gasteiger partial charge in [-0.3, -0.25) is 0 Å². The second-order valence-electron chi connectivity index (χ2n) is 3.92. The molecule has 0 atom stereocenters. The molecule has 0 aliphatic carbocycles. The van der Waals surface area contributed by atoms with E-state index in [1.54, 1.807) is 0 Å². The fraction of sp³-hybridized carbons (Fsp3) is 0.556. The highest BCUT2D eigenvalue weighted by Gasteiger charge is 2.11. The SMILES string of the molecule is CC(C)(C)O/N=C\c1ccnn1C(F)F. The highest BCUT2D eigenvalue weighted by atomic mass is 19.3. The molecule has 1 aromatic rings. The minimum absolute atomic E-state index is 0.203. The Bertz CT molecular complexity index is 341. The van der Waals surface area contributed by atoms with Gasteiger partial charge in [0.15, 0.2) is 0 Å². The van der Waals surface area contributed by atoms with Crippen LogP contribution in [-0.2, 0) is 4.84 Å². The summed E-state index contributed by atoms with van der Waals surface area (Å²) in [5, 5.41) is 7.06. The number of hydrogen-bond donors (Lipinski definition) is 0. The van der Waals surface area contributed by atoms with Gasteiger partial charge in [0.1, 0.15) is 5.60 Å². The minimum Gasteiger partial charge on any atom is -0.390 e. The highest BCUT2D eigenvalue weighted by molar-refractivity contribution is 5.76. The van der Waals surface area contributed by atoms with Crippen LogP contribution in [0.1, 0.15) is 33.0 Å². The predicted molar refractivity (Wildman–Crippen MR) is 51.9 cm³/mol. The van der Waals surface area contributed by atoms with Crippen LogP contribution in [-0.4, -0.2) is 21.6 Å². The molecule has 15 heavy (non-hydrogen) atoms. The van der Waals surface area contributed by atoms with Crippen LogP contribution in [0.5, 0.6) is 0 Å².